The third-order valence-electron chi connectivity index (χ3n) is 4.52. The van der Waals surface area contributed by atoms with Crippen LogP contribution in [0.25, 0.3) is 0 Å². The molecule has 22 heavy (non-hydrogen) atoms. The Kier molecular flexibility index (Phi) is 5.69. The highest BCUT2D eigenvalue weighted by Crippen LogP contribution is 2.37. The van der Waals surface area contributed by atoms with E-state index >= 15 is 0 Å². The minimum Gasteiger partial charge on any atom is -0.341 e. The maximum absolute atomic E-state index is 13.1. The molecule has 1 aliphatic carbocycles. The fraction of sp³-hybridized carbons (Fsp3) is 0.533. The summed E-state index contributed by atoms with van der Waals surface area (Å²) in [6.45, 7) is 1.53. The molecule has 0 aromatic heterocycles. The Hall–Kier alpha value is -0.850. The Morgan fingerprint density at radius 2 is 2.05 bits per heavy atom. The molecule has 2 fully saturated rings. The number of fused-ring (bicyclic) bond motifs is 1. The van der Waals surface area contributed by atoms with Crippen molar-refractivity contribution in [2.45, 2.75) is 23.8 Å². The van der Waals surface area contributed by atoms with E-state index in [9.17, 15) is 13.6 Å². The van der Waals surface area contributed by atoms with Gasteiger partial charge in [-0.2, -0.15) is 0 Å². The van der Waals surface area contributed by atoms with Crippen molar-refractivity contribution in [2.24, 2.45) is 17.6 Å². The Labute approximate surface area is 139 Å². The highest BCUT2D eigenvalue weighted by molar-refractivity contribution is 8.00. The van der Waals surface area contributed by atoms with Crippen LogP contribution in [0.5, 0.6) is 0 Å². The van der Waals surface area contributed by atoms with Gasteiger partial charge in [0.2, 0.25) is 5.91 Å². The predicted octanol–water partition coefficient (Wildman–Crippen LogP) is 2.67. The highest BCUT2D eigenvalue weighted by atomic mass is 35.5. The van der Waals surface area contributed by atoms with Crippen LogP contribution in [0.4, 0.5) is 8.78 Å². The SMILES string of the molecule is Cl.NC1CCC2CN(C(=O)CSc3ccc(F)c(F)c3)CC12. The van der Waals surface area contributed by atoms with E-state index in [1.54, 1.807) is 0 Å². The number of amides is 1. The van der Waals surface area contributed by atoms with Gasteiger partial charge in [0.05, 0.1) is 5.75 Å². The molecule has 1 saturated heterocycles. The van der Waals surface area contributed by atoms with Crippen molar-refractivity contribution in [1.29, 1.82) is 0 Å². The summed E-state index contributed by atoms with van der Waals surface area (Å²) in [5.74, 6) is -0.480. The van der Waals surface area contributed by atoms with E-state index in [1.165, 1.54) is 17.8 Å². The molecule has 122 valence electrons. The van der Waals surface area contributed by atoms with Crippen LogP contribution in [0.2, 0.25) is 0 Å². The number of likely N-dealkylation sites (tertiary alicyclic amines) is 1. The van der Waals surface area contributed by atoms with E-state index in [-0.39, 0.29) is 30.1 Å². The molecule has 3 nitrogen and oxygen atoms in total. The molecular weight excluding hydrogens is 330 g/mol. The lowest BCUT2D eigenvalue weighted by Crippen LogP contribution is -2.34. The number of carbonyl (C=O) groups excluding carboxylic acids is 1. The lowest BCUT2D eigenvalue weighted by molar-refractivity contribution is -0.127. The van der Waals surface area contributed by atoms with Crippen molar-refractivity contribution in [3.63, 3.8) is 0 Å². The Morgan fingerprint density at radius 1 is 1.27 bits per heavy atom. The number of nitrogens with zero attached hydrogens (tertiary/aromatic N) is 1. The van der Waals surface area contributed by atoms with Gasteiger partial charge < -0.3 is 10.6 Å². The van der Waals surface area contributed by atoms with E-state index < -0.39 is 11.6 Å². The molecular formula is C15H19ClF2N2OS. The van der Waals surface area contributed by atoms with E-state index in [0.717, 1.165) is 38.1 Å². The van der Waals surface area contributed by atoms with Crippen LogP contribution in [0, 0.1) is 23.5 Å². The Morgan fingerprint density at radius 3 is 2.73 bits per heavy atom. The zero-order valence-corrected chi connectivity index (χ0v) is 13.6. The van der Waals surface area contributed by atoms with Crippen molar-refractivity contribution >= 4 is 30.1 Å². The Balaban J connectivity index is 0.00000176. The minimum atomic E-state index is -0.880. The molecule has 1 aromatic carbocycles. The molecule has 1 aliphatic heterocycles. The van der Waals surface area contributed by atoms with Crippen LogP contribution >= 0.6 is 24.2 Å². The van der Waals surface area contributed by atoms with Crippen LogP contribution in [-0.4, -0.2) is 35.7 Å². The third kappa shape index (κ3) is 3.55. The molecule has 0 bridgehead atoms. The summed E-state index contributed by atoms with van der Waals surface area (Å²) >= 11 is 1.24. The molecule has 2 aliphatic rings. The van der Waals surface area contributed by atoms with Gasteiger partial charge in [0, 0.05) is 24.0 Å². The van der Waals surface area contributed by atoms with Crippen molar-refractivity contribution in [1.82, 2.24) is 4.90 Å². The van der Waals surface area contributed by atoms with Gasteiger partial charge in [0.15, 0.2) is 11.6 Å². The van der Waals surface area contributed by atoms with E-state index in [4.69, 9.17) is 5.73 Å². The van der Waals surface area contributed by atoms with Crippen molar-refractivity contribution in [3.8, 4) is 0 Å². The summed E-state index contributed by atoms with van der Waals surface area (Å²) in [5, 5.41) is 0. The molecule has 0 radical (unpaired) electrons. The lowest BCUT2D eigenvalue weighted by Gasteiger charge is -2.18. The van der Waals surface area contributed by atoms with Gasteiger partial charge in [-0.15, -0.1) is 24.2 Å². The van der Waals surface area contributed by atoms with Gasteiger partial charge in [-0.1, -0.05) is 0 Å². The second-order valence-corrected chi connectivity index (χ2v) is 6.88. The number of benzene rings is 1. The maximum Gasteiger partial charge on any atom is 0.232 e. The molecule has 1 heterocycles. The van der Waals surface area contributed by atoms with Crippen LogP contribution in [0.3, 0.4) is 0 Å². The summed E-state index contributed by atoms with van der Waals surface area (Å²) < 4.78 is 25.9. The van der Waals surface area contributed by atoms with Gasteiger partial charge in [0.1, 0.15) is 0 Å². The standard InChI is InChI=1S/C15H18F2N2OS.ClH/c16-12-3-2-10(5-13(12)17)21-8-15(20)19-6-9-1-4-14(18)11(9)7-19;/h2-3,5,9,11,14H,1,4,6-8,18H2;1H. The number of nitrogens with two attached hydrogens (primary N) is 1. The van der Waals surface area contributed by atoms with Crippen LogP contribution < -0.4 is 5.73 Å². The topological polar surface area (TPSA) is 46.3 Å². The first-order valence-corrected chi connectivity index (χ1v) is 8.14. The summed E-state index contributed by atoms with van der Waals surface area (Å²) in [4.78, 5) is 14.6. The average molecular weight is 349 g/mol. The molecule has 1 saturated carbocycles. The van der Waals surface area contributed by atoms with E-state index in [0.29, 0.717) is 16.7 Å². The number of halogens is 3. The smallest absolute Gasteiger partial charge is 0.232 e. The van der Waals surface area contributed by atoms with Gasteiger partial charge in [0.25, 0.3) is 0 Å². The van der Waals surface area contributed by atoms with Crippen LogP contribution in [0.15, 0.2) is 23.1 Å². The zero-order valence-electron chi connectivity index (χ0n) is 12.0. The van der Waals surface area contributed by atoms with Crippen molar-refractivity contribution < 1.29 is 13.6 Å². The number of hydrogen-bond donors (Lipinski definition) is 1. The summed E-state index contributed by atoms with van der Waals surface area (Å²) in [6, 6.07) is 3.92. The maximum atomic E-state index is 13.1. The fourth-order valence-corrected chi connectivity index (χ4v) is 4.14. The second kappa shape index (κ2) is 7.15. The molecule has 2 N–H and O–H groups in total. The van der Waals surface area contributed by atoms with Gasteiger partial charge in [-0.3, -0.25) is 4.79 Å². The minimum absolute atomic E-state index is 0. The predicted molar refractivity (Wildman–Crippen MR) is 85.1 cm³/mol. The summed E-state index contributed by atoms with van der Waals surface area (Å²) in [5.41, 5.74) is 6.06. The van der Waals surface area contributed by atoms with E-state index in [1.807, 2.05) is 4.90 Å². The lowest BCUT2D eigenvalue weighted by atomic mass is 9.98. The molecule has 3 rings (SSSR count). The van der Waals surface area contributed by atoms with Crippen LogP contribution in [0.1, 0.15) is 12.8 Å². The molecule has 1 amide bonds. The molecule has 3 unspecified atom stereocenters. The fourth-order valence-electron chi connectivity index (χ4n) is 3.31. The van der Waals surface area contributed by atoms with Crippen molar-refractivity contribution in [2.75, 3.05) is 18.8 Å². The Bertz CT molecular complexity index is 560. The summed E-state index contributed by atoms with van der Waals surface area (Å²) in [7, 11) is 0. The first-order valence-electron chi connectivity index (χ1n) is 7.16. The second-order valence-electron chi connectivity index (χ2n) is 5.83. The largest absolute Gasteiger partial charge is 0.341 e. The third-order valence-corrected chi connectivity index (χ3v) is 5.50. The van der Waals surface area contributed by atoms with Gasteiger partial charge >= 0.3 is 0 Å². The van der Waals surface area contributed by atoms with E-state index in [2.05, 4.69) is 0 Å². The number of rotatable bonds is 3. The molecule has 7 heteroatoms. The monoisotopic (exact) mass is 348 g/mol. The molecule has 0 spiro atoms. The van der Waals surface area contributed by atoms with Crippen molar-refractivity contribution in [3.05, 3.63) is 29.8 Å². The number of hydrogen-bond acceptors (Lipinski definition) is 3. The quantitative estimate of drug-likeness (QED) is 0.854. The van der Waals surface area contributed by atoms with Gasteiger partial charge in [-0.05, 0) is 42.9 Å². The summed E-state index contributed by atoms with van der Waals surface area (Å²) in [6.07, 6.45) is 2.16. The molecule has 1 aromatic rings. The normalized spacial score (nSPS) is 26.7. The molecule has 3 atom stereocenters. The average Bonchev–Trinajstić information content (AvgIpc) is 3.02. The first-order chi connectivity index (χ1) is 10.0. The van der Waals surface area contributed by atoms with Crippen LogP contribution in [-0.2, 0) is 4.79 Å². The zero-order chi connectivity index (χ0) is 15.0. The number of thioether (sulfide) groups is 1. The highest BCUT2D eigenvalue weighted by Gasteiger charge is 2.42. The first kappa shape index (κ1) is 17.5. The van der Waals surface area contributed by atoms with Gasteiger partial charge in [-0.25, -0.2) is 8.78 Å². The number of carbonyl (C=O) groups is 1.